The zero-order valence-electron chi connectivity index (χ0n) is 10.6. The molecule has 0 atom stereocenters. The second-order valence-electron chi connectivity index (χ2n) is 4.99. The fraction of sp³-hybridized carbons (Fsp3) is 0.615. The van der Waals surface area contributed by atoms with Crippen LogP contribution in [-0.2, 0) is 0 Å². The first-order valence-electron chi connectivity index (χ1n) is 6.13. The summed E-state index contributed by atoms with van der Waals surface area (Å²) in [4.78, 5) is 15.0. The van der Waals surface area contributed by atoms with Crippen molar-refractivity contribution >= 4 is 12.2 Å². The second-order valence-corrected chi connectivity index (χ2v) is 4.99. The largest absolute Gasteiger partial charge is 0.438 e. The van der Waals surface area contributed by atoms with Crippen molar-refractivity contribution < 1.29 is 9.21 Å². The van der Waals surface area contributed by atoms with Crippen molar-refractivity contribution in [3.8, 4) is 0 Å². The lowest BCUT2D eigenvalue weighted by Crippen LogP contribution is -2.36. The number of carbonyl (C=O) groups is 1. The van der Waals surface area contributed by atoms with Crippen molar-refractivity contribution in [2.24, 2.45) is 5.92 Å². The summed E-state index contributed by atoms with van der Waals surface area (Å²) in [5.41, 5.74) is 0. The molecule has 1 fully saturated rings. The van der Waals surface area contributed by atoms with E-state index < -0.39 is 0 Å². The Morgan fingerprint density at radius 1 is 1.41 bits per heavy atom. The van der Waals surface area contributed by atoms with E-state index in [4.69, 9.17) is 4.42 Å². The number of hydrogen-bond acceptors (Lipinski definition) is 4. The number of hydrogen-bond donors (Lipinski definition) is 0. The number of nitrogens with zero attached hydrogens (tertiary/aromatic N) is 2. The second kappa shape index (κ2) is 5.36. The van der Waals surface area contributed by atoms with Gasteiger partial charge < -0.3 is 14.2 Å². The highest BCUT2D eigenvalue weighted by molar-refractivity contribution is 5.71. The number of furan rings is 1. The zero-order valence-corrected chi connectivity index (χ0v) is 10.6. The molecule has 0 spiro atoms. The Morgan fingerprint density at radius 3 is 2.65 bits per heavy atom. The monoisotopic (exact) mass is 236 g/mol. The molecule has 1 aliphatic rings. The molecule has 1 aromatic heterocycles. The van der Waals surface area contributed by atoms with E-state index >= 15 is 0 Å². The van der Waals surface area contributed by atoms with Crippen LogP contribution in [0.15, 0.2) is 16.5 Å². The number of aldehydes is 1. The summed E-state index contributed by atoms with van der Waals surface area (Å²) in [6.07, 6.45) is 3.13. The molecule has 0 unspecified atom stereocenters. The van der Waals surface area contributed by atoms with E-state index in [1.807, 2.05) is 6.07 Å². The van der Waals surface area contributed by atoms with E-state index in [2.05, 4.69) is 23.9 Å². The van der Waals surface area contributed by atoms with E-state index in [0.717, 1.165) is 37.7 Å². The standard InChI is InChI=1S/C13H20N2O2/c1-14(2)9-11-5-7-15(8-6-11)13-4-3-12(10-16)17-13/h3-4,10-11H,5-9H2,1-2H3. The van der Waals surface area contributed by atoms with Crippen LogP contribution in [0.4, 0.5) is 5.88 Å². The van der Waals surface area contributed by atoms with Gasteiger partial charge >= 0.3 is 0 Å². The lowest BCUT2D eigenvalue weighted by molar-refractivity contribution is 0.110. The minimum atomic E-state index is 0.412. The van der Waals surface area contributed by atoms with Crippen LogP contribution < -0.4 is 4.90 Å². The minimum Gasteiger partial charge on any atom is -0.438 e. The topological polar surface area (TPSA) is 36.7 Å². The lowest BCUT2D eigenvalue weighted by Gasteiger charge is -2.32. The summed E-state index contributed by atoms with van der Waals surface area (Å²) in [7, 11) is 4.24. The predicted octanol–water partition coefficient (Wildman–Crippen LogP) is 1.87. The highest BCUT2D eigenvalue weighted by Crippen LogP contribution is 2.24. The molecule has 1 saturated heterocycles. The number of anilines is 1. The number of carbonyl (C=O) groups excluding carboxylic acids is 1. The maximum absolute atomic E-state index is 10.6. The third kappa shape index (κ3) is 3.09. The minimum absolute atomic E-state index is 0.412. The van der Waals surface area contributed by atoms with Crippen molar-refractivity contribution in [2.75, 3.05) is 38.6 Å². The molecule has 1 aliphatic heterocycles. The van der Waals surface area contributed by atoms with Gasteiger partial charge in [-0.2, -0.15) is 0 Å². The van der Waals surface area contributed by atoms with Crippen LogP contribution in [0.1, 0.15) is 23.4 Å². The quantitative estimate of drug-likeness (QED) is 0.748. The van der Waals surface area contributed by atoms with Crippen molar-refractivity contribution in [3.63, 3.8) is 0 Å². The Labute approximate surface area is 102 Å². The Morgan fingerprint density at radius 2 is 2.12 bits per heavy atom. The summed E-state index contributed by atoms with van der Waals surface area (Å²) in [6.45, 7) is 3.19. The lowest BCUT2D eigenvalue weighted by atomic mass is 9.96. The molecule has 0 bridgehead atoms. The molecule has 0 saturated carbocycles. The fourth-order valence-corrected chi connectivity index (χ4v) is 2.43. The van der Waals surface area contributed by atoms with Gasteiger partial charge in [0.1, 0.15) is 0 Å². The van der Waals surface area contributed by atoms with Gasteiger partial charge in [-0.15, -0.1) is 0 Å². The normalized spacial score (nSPS) is 17.7. The summed E-state index contributed by atoms with van der Waals surface area (Å²) in [5, 5.41) is 0. The molecule has 2 heterocycles. The Kier molecular flexibility index (Phi) is 3.84. The molecule has 0 aromatic carbocycles. The average Bonchev–Trinajstić information content (AvgIpc) is 2.78. The molecule has 4 heteroatoms. The summed E-state index contributed by atoms with van der Waals surface area (Å²) < 4.78 is 5.44. The van der Waals surface area contributed by atoms with Gasteiger partial charge in [0.15, 0.2) is 17.9 Å². The van der Waals surface area contributed by atoms with E-state index in [1.54, 1.807) is 6.07 Å². The third-order valence-corrected chi connectivity index (χ3v) is 3.28. The van der Waals surface area contributed by atoms with Gasteiger partial charge in [0, 0.05) is 25.7 Å². The van der Waals surface area contributed by atoms with E-state index in [1.165, 1.54) is 12.8 Å². The fourth-order valence-electron chi connectivity index (χ4n) is 2.43. The molecule has 0 amide bonds. The van der Waals surface area contributed by atoms with Gasteiger partial charge in [-0.1, -0.05) is 0 Å². The van der Waals surface area contributed by atoms with E-state index in [9.17, 15) is 4.79 Å². The first kappa shape index (κ1) is 12.2. The molecule has 0 aliphatic carbocycles. The highest BCUT2D eigenvalue weighted by atomic mass is 16.4. The number of rotatable bonds is 4. The van der Waals surface area contributed by atoms with Gasteiger partial charge in [-0.25, -0.2) is 0 Å². The van der Waals surface area contributed by atoms with Crippen molar-refractivity contribution in [3.05, 3.63) is 17.9 Å². The molecular formula is C13H20N2O2. The molecule has 2 rings (SSSR count). The summed E-state index contributed by atoms with van der Waals surface area (Å²) in [5.74, 6) is 2.02. The van der Waals surface area contributed by atoms with Gasteiger partial charge in [-0.05, 0) is 38.9 Å². The maximum atomic E-state index is 10.6. The smallest absolute Gasteiger partial charge is 0.196 e. The first-order valence-corrected chi connectivity index (χ1v) is 6.13. The SMILES string of the molecule is CN(C)CC1CCN(c2ccc(C=O)o2)CC1. The molecular weight excluding hydrogens is 216 g/mol. The molecule has 17 heavy (non-hydrogen) atoms. The van der Waals surface area contributed by atoms with Crippen LogP contribution in [0, 0.1) is 5.92 Å². The first-order chi connectivity index (χ1) is 8.19. The van der Waals surface area contributed by atoms with Crippen LogP contribution in [0.3, 0.4) is 0 Å². The number of piperidine rings is 1. The van der Waals surface area contributed by atoms with Crippen LogP contribution >= 0.6 is 0 Å². The molecule has 4 nitrogen and oxygen atoms in total. The Bertz CT molecular complexity index is 365. The highest BCUT2D eigenvalue weighted by Gasteiger charge is 2.21. The zero-order chi connectivity index (χ0) is 12.3. The van der Waals surface area contributed by atoms with Gasteiger partial charge in [0.25, 0.3) is 0 Å². The van der Waals surface area contributed by atoms with E-state index in [-0.39, 0.29) is 0 Å². The molecule has 0 N–H and O–H groups in total. The third-order valence-electron chi connectivity index (χ3n) is 3.28. The predicted molar refractivity (Wildman–Crippen MR) is 67.6 cm³/mol. The van der Waals surface area contributed by atoms with Crippen LogP contribution in [0.25, 0.3) is 0 Å². The Hall–Kier alpha value is -1.29. The van der Waals surface area contributed by atoms with Gasteiger partial charge in [0.05, 0.1) is 0 Å². The van der Waals surface area contributed by atoms with Gasteiger partial charge in [-0.3, -0.25) is 4.79 Å². The maximum Gasteiger partial charge on any atom is 0.196 e. The van der Waals surface area contributed by atoms with Crippen LogP contribution in [-0.4, -0.2) is 44.9 Å². The Balaban J connectivity index is 1.88. The van der Waals surface area contributed by atoms with Crippen molar-refractivity contribution in [2.45, 2.75) is 12.8 Å². The molecule has 1 aromatic rings. The van der Waals surface area contributed by atoms with Crippen LogP contribution in [0.5, 0.6) is 0 Å². The van der Waals surface area contributed by atoms with E-state index in [0.29, 0.717) is 5.76 Å². The van der Waals surface area contributed by atoms with Gasteiger partial charge in [0.2, 0.25) is 0 Å². The molecule has 0 radical (unpaired) electrons. The summed E-state index contributed by atoms with van der Waals surface area (Å²) >= 11 is 0. The van der Waals surface area contributed by atoms with Crippen LogP contribution in [0.2, 0.25) is 0 Å². The van der Waals surface area contributed by atoms with Crippen molar-refractivity contribution in [1.82, 2.24) is 4.90 Å². The molecule has 94 valence electrons. The van der Waals surface area contributed by atoms with Crippen molar-refractivity contribution in [1.29, 1.82) is 0 Å². The summed E-state index contributed by atoms with van der Waals surface area (Å²) in [6, 6.07) is 3.62. The average molecular weight is 236 g/mol.